The van der Waals surface area contributed by atoms with Crippen molar-refractivity contribution < 1.29 is 42.9 Å². The zero-order chi connectivity index (χ0) is 49.9. The van der Waals surface area contributed by atoms with Gasteiger partial charge in [-0.05, 0) is 96.3 Å². The van der Waals surface area contributed by atoms with Gasteiger partial charge in [0.15, 0.2) is 6.10 Å². The Hall–Kier alpha value is -4.57. The maximum absolute atomic E-state index is 12.7. The first-order chi connectivity index (χ1) is 33.1. The molecule has 0 aliphatic carbocycles. The van der Waals surface area contributed by atoms with Gasteiger partial charge >= 0.3 is 17.9 Å². The predicted molar refractivity (Wildman–Crippen MR) is 285 cm³/mol. The molecule has 2 atom stereocenters. The third-order valence-corrected chi connectivity index (χ3v) is 10.2. The molecule has 0 heterocycles. The van der Waals surface area contributed by atoms with E-state index in [2.05, 4.69) is 148 Å². The monoisotopic (exact) mass is 945 g/mol. The second-order valence-corrected chi connectivity index (χ2v) is 17.8. The normalized spacial score (nSPS) is 14.0. The number of nitrogens with zero attached hydrogens (tertiary/aromatic N) is 1. The molecule has 0 amide bonds. The number of carboxylic acid groups (broad SMARTS) is 1. The van der Waals surface area contributed by atoms with Gasteiger partial charge in [0.05, 0.1) is 34.4 Å². The fourth-order valence-electron chi connectivity index (χ4n) is 6.19. The number of hydrogen-bond acceptors (Lipinski definition) is 7. The van der Waals surface area contributed by atoms with E-state index >= 15 is 0 Å². The Kier molecular flexibility index (Phi) is 45.6. The molecule has 0 radical (unpaired) electrons. The third kappa shape index (κ3) is 49.3. The number of carbonyl (C=O) groups excluding carboxylic acids is 2. The van der Waals surface area contributed by atoms with Gasteiger partial charge in [-0.15, -0.1) is 0 Å². The highest BCUT2D eigenvalue weighted by atomic mass is 16.7. The second kappa shape index (κ2) is 48.9. The van der Waals surface area contributed by atoms with Crippen LogP contribution in [0.5, 0.6) is 0 Å². The Labute approximate surface area is 414 Å². The minimum absolute atomic E-state index is 0.174. The number of carbonyl (C=O) groups is 3. The van der Waals surface area contributed by atoms with Crippen molar-refractivity contribution in [1.82, 2.24) is 0 Å². The van der Waals surface area contributed by atoms with Crippen molar-refractivity contribution in [2.24, 2.45) is 0 Å². The van der Waals surface area contributed by atoms with Gasteiger partial charge in [-0.2, -0.15) is 0 Å². The summed E-state index contributed by atoms with van der Waals surface area (Å²) >= 11 is 0. The van der Waals surface area contributed by atoms with E-state index < -0.39 is 24.3 Å². The number of hydrogen-bond donors (Lipinski definition) is 1. The van der Waals surface area contributed by atoms with Gasteiger partial charge in [-0.3, -0.25) is 9.59 Å². The van der Waals surface area contributed by atoms with Crippen LogP contribution < -0.4 is 0 Å². The minimum Gasteiger partial charge on any atom is -0.477 e. The maximum atomic E-state index is 12.7. The number of ether oxygens (including phenoxy) is 4. The quantitative estimate of drug-likeness (QED) is 0.0211. The Bertz CT molecular complexity index is 1570. The van der Waals surface area contributed by atoms with E-state index in [4.69, 9.17) is 18.9 Å². The van der Waals surface area contributed by atoms with Crippen LogP contribution in [0.4, 0.5) is 0 Å². The molecule has 0 saturated carbocycles. The molecule has 68 heavy (non-hydrogen) atoms. The fraction of sp³-hybridized carbons (Fsp3) is 0.576. The molecule has 0 fully saturated rings. The average molecular weight is 945 g/mol. The highest BCUT2D eigenvalue weighted by Gasteiger charge is 2.25. The maximum Gasteiger partial charge on any atom is 0.361 e. The van der Waals surface area contributed by atoms with Crippen LogP contribution in [0.1, 0.15) is 162 Å². The lowest BCUT2D eigenvalue weighted by atomic mass is 10.1. The van der Waals surface area contributed by atoms with Gasteiger partial charge in [-0.1, -0.05) is 186 Å². The molecule has 0 rings (SSSR count). The average Bonchev–Trinajstić information content (AvgIpc) is 3.30. The van der Waals surface area contributed by atoms with Crippen LogP contribution >= 0.6 is 0 Å². The van der Waals surface area contributed by atoms with E-state index in [9.17, 15) is 19.5 Å². The van der Waals surface area contributed by atoms with Crippen molar-refractivity contribution in [3.8, 4) is 0 Å². The smallest absolute Gasteiger partial charge is 0.361 e. The Morgan fingerprint density at radius 3 is 1.25 bits per heavy atom. The van der Waals surface area contributed by atoms with Crippen molar-refractivity contribution >= 4 is 17.9 Å². The van der Waals surface area contributed by atoms with Gasteiger partial charge < -0.3 is 28.5 Å². The molecule has 1 N–H and O–H groups in total. The van der Waals surface area contributed by atoms with Crippen LogP contribution in [0.15, 0.2) is 134 Å². The number of likely N-dealkylation sites (N-methyl/N-ethyl adjacent to an activating group) is 1. The summed E-state index contributed by atoms with van der Waals surface area (Å²) in [5, 5.41) is 9.61. The van der Waals surface area contributed by atoms with E-state index in [1.807, 2.05) is 21.1 Å². The molecular weight excluding hydrogens is 851 g/mol. The molecule has 382 valence electrons. The van der Waals surface area contributed by atoms with E-state index in [1.54, 1.807) is 0 Å². The molecule has 0 bridgehead atoms. The number of carboxylic acids is 1. The van der Waals surface area contributed by atoms with Crippen LogP contribution in [0, 0.1) is 0 Å². The number of aliphatic carboxylic acids is 1. The largest absolute Gasteiger partial charge is 0.477 e. The third-order valence-electron chi connectivity index (χ3n) is 10.2. The molecule has 0 aromatic heterocycles. The first-order valence-corrected chi connectivity index (χ1v) is 25.8. The molecule has 0 aliphatic rings. The topological polar surface area (TPSA) is 108 Å². The number of rotatable bonds is 45. The number of esters is 2. The van der Waals surface area contributed by atoms with Crippen molar-refractivity contribution in [1.29, 1.82) is 0 Å². The molecule has 2 unspecified atom stereocenters. The Morgan fingerprint density at radius 1 is 0.456 bits per heavy atom. The Balaban J connectivity index is 4.20. The van der Waals surface area contributed by atoms with Crippen molar-refractivity contribution in [2.45, 2.75) is 174 Å². The first kappa shape index (κ1) is 63.4. The van der Waals surface area contributed by atoms with Crippen LogP contribution in [0.2, 0.25) is 0 Å². The van der Waals surface area contributed by atoms with E-state index in [-0.39, 0.29) is 38.6 Å². The van der Waals surface area contributed by atoms with Crippen molar-refractivity contribution in [2.75, 3.05) is 47.5 Å². The minimum atomic E-state index is -1.52. The van der Waals surface area contributed by atoms with Gasteiger partial charge in [0.1, 0.15) is 13.2 Å². The number of unbranched alkanes of at least 4 members (excludes halogenated alkanes) is 8. The first-order valence-electron chi connectivity index (χ1n) is 25.8. The second-order valence-electron chi connectivity index (χ2n) is 17.8. The summed E-state index contributed by atoms with van der Waals surface area (Å²) in [6, 6.07) is 0. The molecule has 0 aromatic rings. The van der Waals surface area contributed by atoms with Crippen LogP contribution in [-0.2, 0) is 33.3 Å². The lowest BCUT2D eigenvalue weighted by molar-refractivity contribution is -0.870. The standard InChI is InChI=1S/C59H93NO8/c1-6-8-10-12-14-15-16-17-18-19-20-21-22-23-24-25-26-27-28-29-30-31-32-33-34-35-36-37-38-39-40-41-42-43-44-46-48-50-57(62)68-55(53-66-56(61)49-47-45-13-11-9-7-2)54-67-59(58(63)64)65-52-51-60(3,4)5/h8,10,14-15,17-18,20-21,23-24,26-27,29-30,32-33,35-36,38-39,41-42,55,59H,6-7,9,11-13,16,19,22,25,28,31,34,37,40,43-54H2,1-5H3/p+1/b10-8-,15-14-,18-17-,21-20-,24-23-,27-26-,30-29-,33-32-,36-35-,39-38-,42-41-. The summed E-state index contributed by atoms with van der Waals surface area (Å²) in [7, 11) is 5.92. The summed E-state index contributed by atoms with van der Waals surface area (Å²) in [6.45, 7) is 4.61. The molecule has 0 saturated heterocycles. The Morgan fingerprint density at radius 2 is 0.838 bits per heavy atom. The van der Waals surface area contributed by atoms with E-state index in [0.29, 0.717) is 17.4 Å². The van der Waals surface area contributed by atoms with Gasteiger partial charge in [0.25, 0.3) is 6.29 Å². The molecule has 0 aliphatic heterocycles. The van der Waals surface area contributed by atoms with Crippen molar-refractivity contribution in [3.05, 3.63) is 134 Å². The molecule has 9 heteroatoms. The zero-order valence-corrected chi connectivity index (χ0v) is 43.2. The molecule has 0 aromatic carbocycles. The summed E-state index contributed by atoms with van der Waals surface area (Å²) in [6.07, 6.45) is 67.2. The molecular formula is C59H94NO8+. The number of allylic oxidation sites excluding steroid dienone is 22. The highest BCUT2D eigenvalue weighted by molar-refractivity contribution is 5.71. The summed E-state index contributed by atoms with van der Waals surface area (Å²) < 4.78 is 22.6. The number of quaternary nitrogens is 1. The highest BCUT2D eigenvalue weighted by Crippen LogP contribution is 2.11. The summed E-state index contributed by atoms with van der Waals surface area (Å²) in [5.74, 6) is -2.08. The predicted octanol–water partition coefficient (Wildman–Crippen LogP) is 14.7. The van der Waals surface area contributed by atoms with Gasteiger partial charge in [0.2, 0.25) is 0 Å². The van der Waals surface area contributed by atoms with Crippen LogP contribution in [0.3, 0.4) is 0 Å². The van der Waals surface area contributed by atoms with Crippen LogP contribution in [-0.4, -0.2) is 87.4 Å². The lowest BCUT2D eigenvalue weighted by Crippen LogP contribution is -2.40. The fourth-order valence-corrected chi connectivity index (χ4v) is 6.19. The molecule has 0 spiro atoms. The van der Waals surface area contributed by atoms with Gasteiger partial charge in [-0.25, -0.2) is 4.79 Å². The van der Waals surface area contributed by atoms with Crippen molar-refractivity contribution in [3.63, 3.8) is 0 Å². The SMILES string of the molecule is CC/C=C\C/C=C\C/C=C\C/C=C\C/C=C\C/C=C\C/C=C\C/C=C\C/C=C\C/C=C\C/C=C\CCCCCC(=O)OC(COC(=O)CCCCCCCC)COC(OCC[N+](C)(C)C)C(=O)O. The summed E-state index contributed by atoms with van der Waals surface area (Å²) in [5.41, 5.74) is 0. The van der Waals surface area contributed by atoms with E-state index in [1.165, 1.54) is 6.42 Å². The molecule has 9 nitrogen and oxygen atoms in total. The van der Waals surface area contributed by atoms with Crippen LogP contribution in [0.25, 0.3) is 0 Å². The summed E-state index contributed by atoms with van der Waals surface area (Å²) in [4.78, 5) is 36.9. The zero-order valence-electron chi connectivity index (χ0n) is 43.2. The van der Waals surface area contributed by atoms with E-state index in [0.717, 1.165) is 122 Å². The lowest BCUT2D eigenvalue weighted by Gasteiger charge is -2.25. The van der Waals surface area contributed by atoms with Gasteiger partial charge in [0, 0.05) is 12.8 Å².